The zero-order chi connectivity index (χ0) is 50.3. The fourth-order valence-corrected chi connectivity index (χ4v) is 15.3. The van der Waals surface area contributed by atoms with Gasteiger partial charge >= 0.3 is 0 Å². The molecule has 0 spiro atoms. The van der Waals surface area contributed by atoms with E-state index in [1.165, 1.54) is 126 Å². The Labute approximate surface area is 431 Å². The van der Waals surface area contributed by atoms with Gasteiger partial charge in [-0.05, 0) is 153 Å². The highest BCUT2D eigenvalue weighted by Gasteiger charge is 2.64. The van der Waals surface area contributed by atoms with Crippen LogP contribution in [-0.4, -0.2) is 12.3 Å². The molecule has 7 aromatic rings. The van der Waals surface area contributed by atoms with Gasteiger partial charge in [-0.25, -0.2) is 0 Å². The predicted octanol–water partition coefficient (Wildman–Crippen LogP) is 15.9. The highest BCUT2D eigenvalue weighted by molar-refractivity contribution is 7.00. The zero-order valence-electron chi connectivity index (χ0n) is 45.4. The Morgan fingerprint density at radius 3 is 1.83 bits per heavy atom. The van der Waals surface area contributed by atoms with Crippen molar-refractivity contribution in [3.8, 4) is 11.1 Å². The Morgan fingerprint density at radius 2 is 1.10 bits per heavy atom. The molecule has 4 atom stereocenters. The molecule has 2 aliphatic carbocycles. The van der Waals surface area contributed by atoms with E-state index in [9.17, 15) is 0 Å². The van der Waals surface area contributed by atoms with E-state index in [1.54, 1.807) is 0 Å². The van der Waals surface area contributed by atoms with Gasteiger partial charge in [0.2, 0.25) is 0 Å². The van der Waals surface area contributed by atoms with Gasteiger partial charge < -0.3 is 14.7 Å². The van der Waals surface area contributed by atoms with E-state index in [1.807, 2.05) is 0 Å². The van der Waals surface area contributed by atoms with Crippen LogP contribution in [0.3, 0.4) is 0 Å². The third-order valence-corrected chi connectivity index (χ3v) is 19.9. The van der Waals surface area contributed by atoms with Gasteiger partial charge in [-0.2, -0.15) is 0 Å². The van der Waals surface area contributed by atoms with Gasteiger partial charge in [-0.15, -0.1) is 0 Å². The number of hydrogen-bond acceptors (Lipinski definition) is 3. The van der Waals surface area contributed by atoms with Crippen LogP contribution in [0, 0.1) is 0 Å². The molecule has 364 valence electrons. The molecule has 6 aliphatic rings. The van der Waals surface area contributed by atoms with Crippen LogP contribution in [-0.2, 0) is 39.0 Å². The molecule has 0 N–H and O–H groups in total. The van der Waals surface area contributed by atoms with Crippen LogP contribution in [0.1, 0.15) is 161 Å². The van der Waals surface area contributed by atoms with Gasteiger partial charge in [0.15, 0.2) is 0 Å². The minimum Gasteiger partial charge on any atom is -0.334 e. The molecule has 0 radical (unpaired) electrons. The summed E-state index contributed by atoms with van der Waals surface area (Å²) in [6, 6.07) is 55.8. The normalized spacial score (nSPS) is 24.5. The van der Waals surface area contributed by atoms with Crippen molar-refractivity contribution in [2.24, 2.45) is 0 Å². The van der Waals surface area contributed by atoms with Crippen molar-refractivity contribution in [1.82, 2.24) is 0 Å². The summed E-state index contributed by atoms with van der Waals surface area (Å²) in [4.78, 5) is 8.52. The van der Waals surface area contributed by atoms with E-state index in [0.717, 1.165) is 19.3 Å². The number of rotatable bonds is 3. The highest BCUT2D eigenvalue weighted by atomic mass is 15.3. The first kappa shape index (κ1) is 45.8. The Balaban J connectivity index is 1.21. The minimum absolute atomic E-state index is 0.0122. The number of aryl methyl sites for hydroxylation is 1. The van der Waals surface area contributed by atoms with Gasteiger partial charge in [0.25, 0.3) is 6.71 Å². The molecular formula is C68H74BN3. The lowest BCUT2D eigenvalue weighted by atomic mass is 9.33. The zero-order valence-corrected chi connectivity index (χ0v) is 45.4. The molecule has 4 heteroatoms. The summed E-state index contributed by atoms with van der Waals surface area (Å²) in [5.41, 5.74) is 25.4. The molecule has 4 unspecified atom stereocenters. The second kappa shape index (κ2) is 14.8. The Kier molecular flexibility index (Phi) is 9.44. The third kappa shape index (κ3) is 5.93. The number of hydrogen-bond donors (Lipinski definition) is 0. The van der Waals surface area contributed by atoms with Gasteiger partial charge in [-0.1, -0.05) is 192 Å². The largest absolute Gasteiger partial charge is 0.334 e. The summed E-state index contributed by atoms with van der Waals surface area (Å²) in [6.07, 6.45) is 7.01. The third-order valence-electron chi connectivity index (χ3n) is 19.9. The van der Waals surface area contributed by atoms with Crippen LogP contribution in [0.25, 0.3) is 11.1 Å². The average Bonchev–Trinajstić information content (AvgIpc) is 3.70. The predicted molar refractivity (Wildman–Crippen MR) is 308 cm³/mol. The van der Waals surface area contributed by atoms with Crippen molar-refractivity contribution in [3.05, 3.63) is 178 Å². The maximum Gasteiger partial charge on any atom is 0.252 e. The van der Waals surface area contributed by atoms with E-state index in [2.05, 4.69) is 244 Å². The van der Waals surface area contributed by atoms with E-state index < -0.39 is 0 Å². The first-order valence-electron chi connectivity index (χ1n) is 27.4. The van der Waals surface area contributed by atoms with E-state index in [4.69, 9.17) is 0 Å². The molecule has 4 heterocycles. The molecule has 1 fully saturated rings. The van der Waals surface area contributed by atoms with Crippen LogP contribution in [0.5, 0.6) is 0 Å². The first-order valence-corrected chi connectivity index (χ1v) is 27.4. The first-order chi connectivity index (χ1) is 34.1. The van der Waals surface area contributed by atoms with Crippen molar-refractivity contribution in [1.29, 1.82) is 0 Å². The van der Waals surface area contributed by atoms with Gasteiger partial charge in [0.1, 0.15) is 0 Å². The topological polar surface area (TPSA) is 9.72 Å². The van der Waals surface area contributed by atoms with Crippen LogP contribution in [0.15, 0.2) is 140 Å². The van der Waals surface area contributed by atoms with Crippen molar-refractivity contribution < 1.29 is 0 Å². The van der Waals surface area contributed by atoms with Crippen molar-refractivity contribution in [2.75, 3.05) is 14.7 Å². The second-order valence-corrected chi connectivity index (χ2v) is 26.8. The van der Waals surface area contributed by atoms with E-state index in [0.29, 0.717) is 0 Å². The molecule has 0 saturated heterocycles. The van der Waals surface area contributed by atoms with Crippen molar-refractivity contribution in [2.45, 2.75) is 167 Å². The smallest absolute Gasteiger partial charge is 0.252 e. The lowest BCUT2D eigenvalue weighted by Crippen LogP contribution is -2.64. The average molecular weight is 944 g/mol. The number of fused-ring (bicyclic) bond motifs is 12. The fraction of sp³-hybridized carbons (Fsp3) is 0.382. The highest BCUT2D eigenvalue weighted by Crippen LogP contribution is 2.67. The Hall–Kier alpha value is -6.00. The fourth-order valence-electron chi connectivity index (χ4n) is 15.3. The lowest BCUT2D eigenvalue weighted by Gasteiger charge is -2.54. The maximum absolute atomic E-state index is 2.93. The molecule has 3 nitrogen and oxygen atoms in total. The molecule has 4 aliphatic heterocycles. The molecule has 0 bridgehead atoms. The van der Waals surface area contributed by atoms with Crippen LogP contribution in [0.2, 0.25) is 0 Å². The molecule has 0 aromatic heterocycles. The molecule has 0 amide bonds. The summed E-state index contributed by atoms with van der Waals surface area (Å²) in [6.45, 7) is 31.9. The lowest BCUT2D eigenvalue weighted by molar-refractivity contribution is 0.195. The van der Waals surface area contributed by atoms with Crippen molar-refractivity contribution >= 4 is 62.9 Å². The Morgan fingerprint density at radius 1 is 0.458 bits per heavy atom. The second-order valence-electron chi connectivity index (χ2n) is 26.8. The summed E-state index contributed by atoms with van der Waals surface area (Å²) >= 11 is 0. The quantitative estimate of drug-likeness (QED) is 0.163. The number of anilines is 7. The van der Waals surface area contributed by atoms with Crippen molar-refractivity contribution in [3.63, 3.8) is 0 Å². The number of benzene rings is 7. The summed E-state index contributed by atoms with van der Waals surface area (Å²) in [7, 11) is 0. The van der Waals surface area contributed by atoms with Crippen LogP contribution in [0.4, 0.5) is 39.8 Å². The van der Waals surface area contributed by atoms with Gasteiger partial charge in [-0.3, -0.25) is 0 Å². The standard InChI is InChI=1S/C68H74BN3/c1-62(2,3)45-30-32-55(49(37-45)43-23-15-14-16-24-43)70-57-40-46(63(4,5)6)29-31-53(57)69-54-39-47(64(7,8)9)38-52-61(54)72(68(13)50-26-18-17-25-44(50)33-36-66(52,68)11)59-42-48(41-58(70)60(59)69)71-56-28-20-19-27-51(56)65(10)34-21-22-35-67(65,71)12/h14-20,23-32,37-42H,21-22,33-36H2,1-13H3. The summed E-state index contributed by atoms with van der Waals surface area (Å²) < 4.78 is 0. The minimum atomic E-state index is -0.357. The summed E-state index contributed by atoms with van der Waals surface area (Å²) in [5.74, 6) is 0. The van der Waals surface area contributed by atoms with Crippen LogP contribution >= 0.6 is 0 Å². The Bertz CT molecular complexity index is 3420. The molecular weight excluding hydrogens is 870 g/mol. The molecule has 1 saturated carbocycles. The monoisotopic (exact) mass is 944 g/mol. The SMILES string of the molecule is CC(C)(C)c1ccc(N2c3cc(C(C)(C)C)ccc3B3c4cc(C(C)(C)C)cc5c4N(c4cc(N6c7ccccc7C7(C)CCCCC67C)cc2c43)C2(C)c3ccccc3CCC52C)c(-c2ccccc2)c1. The van der Waals surface area contributed by atoms with E-state index >= 15 is 0 Å². The van der Waals surface area contributed by atoms with E-state index in [-0.39, 0.29) is 44.9 Å². The molecule has 13 rings (SSSR count). The van der Waals surface area contributed by atoms with Gasteiger partial charge in [0, 0.05) is 50.5 Å². The maximum atomic E-state index is 2.93. The number of para-hydroxylation sites is 1. The van der Waals surface area contributed by atoms with Gasteiger partial charge in [0.05, 0.1) is 16.8 Å². The molecule has 7 aromatic carbocycles. The molecule has 72 heavy (non-hydrogen) atoms. The summed E-state index contributed by atoms with van der Waals surface area (Å²) in [5, 5.41) is 0. The van der Waals surface area contributed by atoms with Crippen LogP contribution < -0.4 is 31.1 Å². The number of nitrogens with zero attached hydrogens (tertiary/aromatic N) is 3.